The second-order valence-corrected chi connectivity index (χ2v) is 6.20. The standard InChI is InChI=1S/C16H18FN5S/c1-11-9-21-15(23-11)5-6-20-16(19-2)22-10-13-7-12(8-18)3-4-14(13)17/h3-4,7,9H,5-6,10H2,1-2H3,(H2,19,20,22). The molecule has 0 radical (unpaired) electrons. The molecule has 2 rings (SSSR count). The van der Waals surface area contributed by atoms with E-state index in [1.54, 1.807) is 18.4 Å². The zero-order valence-electron chi connectivity index (χ0n) is 13.1. The molecule has 5 nitrogen and oxygen atoms in total. The summed E-state index contributed by atoms with van der Waals surface area (Å²) < 4.78 is 13.7. The molecule has 1 heterocycles. The number of hydrogen-bond acceptors (Lipinski definition) is 4. The number of nitrogens with zero attached hydrogens (tertiary/aromatic N) is 3. The number of aromatic nitrogens is 1. The first-order valence-electron chi connectivity index (χ1n) is 7.16. The molecule has 2 aromatic rings. The Kier molecular flexibility index (Phi) is 6.06. The van der Waals surface area contributed by atoms with E-state index in [-0.39, 0.29) is 12.4 Å². The van der Waals surface area contributed by atoms with E-state index in [9.17, 15) is 4.39 Å². The summed E-state index contributed by atoms with van der Waals surface area (Å²) in [6.45, 7) is 2.98. The van der Waals surface area contributed by atoms with Gasteiger partial charge in [0.25, 0.3) is 0 Å². The molecule has 0 aliphatic carbocycles. The number of rotatable bonds is 5. The smallest absolute Gasteiger partial charge is 0.191 e. The summed E-state index contributed by atoms with van der Waals surface area (Å²) in [5.74, 6) is 0.241. The molecule has 0 bridgehead atoms. The highest BCUT2D eigenvalue weighted by molar-refractivity contribution is 7.11. The average molecular weight is 331 g/mol. The number of nitriles is 1. The minimum atomic E-state index is -0.342. The lowest BCUT2D eigenvalue weighted by molar-refractivity contribution is 0.604. The van der Waals surface area contributed by atoms with E-state index in [2.05, 4.69) is 20.6 Å². The van der Waals surface area contributed by atoms with Crippen molar-refractivity contribution in [3.8, 4) is 6.07 Å². The van der Waals surface area contributed by atoms with Crippen LogP contribution in [0.5, 0.6) is 0 Å². The Hall–Kier alpha value is -2.46. The molecule has 0 fully saturated rings. The summed E-state index contributed by atoms with van der Waals surface area (Å²) in [6, 6.07) is 6.30. The fourth-order valence-electron chi connectivity index (χ4n) is 1.98. The van der Waals surface area contributed by atoms with Gasteiger partial charge in [-0.25, -0.2) is 9.37 Å². The fraction of sp³-hybridized carbons (Fsp3) is 0.312. The zero-order chi connectivity index (χ0) is 16.7. The summed E-state index contributed by atoms with van der Waals surface area (Å²) in [5, 5.41) is 16.1. The van der Waals surface area contributed by atoms with Crippen LogP contribution in [0.4, 0.5) is 4.39 Å². The van der Waals surface area contributed by atoms with Crippen molar-refractivity contribution in [3.63, 3.8) is 0 Å². The number of thiazole rings is 1. The third-order valence-electron chi connectivity index (χ3n) is 3.15. The molecule has 120 valence electrons. The number of aliphatic imine (C=N–C) groups is 1. The summed E-state index contributed by atoms with van der Waals surface area (Å²) in [6.07, 6.45) is 2.66. The van der Waals surface area contributed by atoms with Gasteiger partial charge in [0.2, 0.25) is 0 Å². The van der Waals surface area contributed by atoms with Crippen LogP contribution >= 0.6 is 11.3 Å². The highest BCUT2D eigenvalue weighted by Gasteiger charge is 2.05. The molecule has 1 aromatic heterocycles. The van der Waals surface area contributed by atoms with Gasteiger partial charge in [-0.15, -0.1) is 11.3 Å². The predicted molar refractivity (Wildman–Crippen MR) is 89.9 cm³/mol. The number of nitrogens with one attached hydrogen (secondary N) is 2. The molecule has 0 saturated carbocycles. The van der Waals surface area contributed by atoms with E-state index in [0.717, 1.165) is 11.4 Å². The summed E-state index contributed by atoms with van der Waals surface area (Å²) in [7, 11) is 1.66. The second kappa shape index (κ2) is 8.25. The van der Waals surface area contributed by atoms with Gasteiger partial charge in [-0.2, -0.15) is 5.26 Å². The van der Waals surface area contributed by atoms with E-state index < -0.39 is 0 Å². The molecule has 0 atom stereocenters. The van der Waals surface area contributed by atoms with Crippen molar-refractivity contribution in [1.82, 2.24) is 15.6 Å². The van der Waals surface area contributed by atoms with Crippen molar-refractivity contribution in [2.24, 2.45) is 4.99 Å². The lowest BCUT2D eigenvalue weighted by Gasteiger charge is -2.12. The van der Waals surface area contributed by atoms with Crippen molar-refractivity contribution in [2.45, 2.75) is 19.9 Å². The number of guanidine groups is 1. The largest absolute Gasteiger partial charge is 0.356 e. The van der Waals surface area contributed by atoms with Gasteiger partial charge in [-0.3, -0.25) is 4.99 Å². The molecule has 0 spiro atoms. The van der Waals surface area contributed by atoms with Crippen LogP contribution in [0.3, 0.4) is 0 Å². The Balaban J connectivity index is 1.84. The SMILES string of the molecule is CN=C(NCCc1ncc(C)s1)NCc1cc(C#N)ccc1F. The first-order valence-corrected chi connectivity index (χ1v) is 7.98. The molecular weight excluding hydrogens is 313 g/mol. The van der Waals surface area contributed by atoms with Crippen LogP contribution in [-0.2, 0) is 13.0 Å². The number of halogens is 1. The van der Waals surface area contributed by atoms with Crippen molar-refractivity contribution < 1.29 is 4.39 Å². The van der Waals surface area contributed by atoms with Crippen LogP contribution in [-0.4, -0.2) is 24.5 Å². The van der Waals surface area contributed by atoms with E-state index in [1.165, 1.54) is 23.1 Å². The quantitative estimate of drug-likeness (QED) is 0.652. The zero-order valence-corrected chi connectivity index (χ0v) is 13.9. The van der Waals surface area contributed by atoms with E-state index >= 15 is 0 Å². The van der Waals surface area contributed by atoms with E-state index in [0.29, 0.717) is 23.6 Å². The van der Waals surface area contributed by atoms with E-state index in [1.807, 2.05) is 19.2 Å². The molecule has 0 aliphatic rings. The third kappa shape index (κ3) is 5.04. The Morgan fingerprint density at radius 1 is 1.43 bits per heavy atom. The highest BCUT2D eigenvalue weighted by Crippen LogP contribution is 2.11. The predicted octanol–water partition coefficient (Wildman–Crippen LogP) is 2.37. The van der Waals surface area contributed by atoms with Crippen LogP contribution in [0.1, 0.15) is 21.0 Å². The van der Waals surface area contributed by atoms with Crippen LogP contribution < -0.4 is 10.6 Å². The Morgan fingerprint density at radius 3 is 2.91 bits per heavy atom. The molecule has 0 aliphatic heterocycles. The van der Waals surface area contributed by atoms with Crippen LogP contribution in [0, 0.1) is 24.1 Å². The van der Waals surface area contributed by atoms with Crippen LogP contribution in [0.15, 0.2) is 29.4 Å². The van der Waals surface area contributed by atoms with Gasteiger partial charge in [0.05, 0.1) is 16.6 Å². The Morgan fingerprint density at radius 2 is 2.26 bits per heavy atom. The normalized spacial score (nSPS) is 11.1. The molecule has 0 unspecified atom stereocenters. The number of benzene rings is 1. The minimum Gasteiger partial charge on any atom is -0.356 e. The Labute approximate surface area is 138 Å². The highest BCUT2D eigenvalue weighted by atomic mass is 32.1. The summed E-state index contributed by atoms with van der Waals surface area (Å²) in [5.41, 5.74) is 0.868. The van der Waals surface area contributed by atoms with Gasteiger partial charge in [0, 0.05) is 43.2 Å². The molecule has 7 heteroatoms. The molecule has 1 aromatic carbocycles. The molecule has 23 heavy (non-hydrogen) atoms. The number of hydrogen-bond donors (Lipinski definition) is 2. The average Bonchev–Trinajstić information content (AvgIpc) is 2.97. The molecule has 0 amide bonds. The van der Waals surface area contributed by atoms with Gasteiger partial charge in [-0.05, 0) is 25.1 Å². The number of aryl methyl sites for hydroxylation is 1. The van der Waals surface area contributed by atoms with Gasteiger partial charge >= 0.3 is 0 Å². The maximum absolute atomic E-state index is 13.7. The van der Waals surface area contributed by atoms with Gasteiger partial charge < -0.3 is 10.6 Å². The fourth-order valence-corrected chi connectivity index (χ4v) is 2.77. The van der Waals surface area contributed by atoms with Crippen molar-refractivity contribution >= 4 is 17.3 Å². The summed E-state index contributed by atoms with van der Waals surface area (Å²) >= 11 is 1.67. The maximum atomic E-state index is 13.7. The van der Waals surface area contributed by atoms with Gasteiger partial charge in [0.1, 0.15) is 5.82 Å². The molecule has 0 saturated heterocycles. The first kappa shape index (κ1) is 16.9. The van der Waals surface area contributed by atoms with Crippen molar-refractivity contribution in [2.75, 3.05) is 13.6 Å². The second-order valence-electron chi connectivity index (χ2n) is 4.89. The third-order valence-corrected chi connectivity index (χ3v) is 4.12. The monoisotopic (exact) mass is 331 g/mol. The van der Waals surface area contributed by atoms with E-state index in [4.69, 9.17) is 5.26 Å². The topological polar surface area (TPSA) is 73.1 Å². The van der Waals surface area contributed by atoms with Crippen molar-refractivity contribution in [1.29, 1.82) is 5.26 Å². The van der Waals surface area contributed by atoms with Gasteiger partial charge in [-0.1, -0.05) is 0 Å². The lowest BCUT2D eigenvalue weighted by atomic mass is 10.1. The minimum absolute atomic E-state index is 0.261. The van der Waals surface area contributed by atoms with Gasteiger partial charge in [0.15, 0.2) is 5.96 Å². The molecule has 2 N–H and O–H groups in total. The van der Waals surface area contributed by atoms with Crippen LogP contribution in [0.2, 0.25) is 0 Å². The maximum Gasteiger partial charge on any atom is 0.191 e. The van der Waals surface area contributed by atoms with Crippen LogP contribution in [0.25, 0.3) is 0 Å². The first-order chi connectivity index (χ1) is 11.1. The Bertz CT molecular complexity index is 732. The van der Waals surface area contributed by atoms with Crippen molar-refractivity contribution in [3.05, 3.63) is 51.2 Å². The molecular formula is C16H18FN5S. The lowest BCUT2D eigenvalue weighted by Crippen LogP contribution is -2.38. The summed E-state index contributed by atoms with van der Waals surface area (Å²) in [4.78, 5) is 9.59.